The molecule has 0 atom stereocenters. The van der Waals surface area contributed by atoms with E-state index < -0.39 is 0 Å². The molecule has 0 aromatic heterocycles. The van der Waals surface area contributed by atoms with Gasteiger partial charge in [-0.1, -0.05) is 12.1 Å². The molecule has 1 aliphatic heterocycles. The molecule has 0 saturated carbocycles. The minimum atomic E-state index is -0.356. The van der Waals surface area contributed by atoms with Crippen LogP contribution in [0.25, 0.3) is 0 Å². The van der Waals surface area contributed by atoms with Crippen LogP contribution in [0.1, 0.15) is 12.0 Å². The number of aryl methyl sites for hydroxylation is 1. The van der Waals surface area contributed by atoms with Crippen LogP contribution in [-0.4, -0.2) is 73.9 Å². The summed E-state index contributed by atoms with van der Waals surface area (Å²) < 4.78 is 5.12. The molecule has 8 nitrogen and oxygen atoms in total. The maximum Gasteiger partial charge on any atom is 0.242 e. The van der Waals surface area contributed by atoms with Gasteiger partial charge in [-0.15, -0.1) is 0 Å². The number of amides is 3. The summed E-state index contributed by atoms with van der Waals surface area (Å²) in [5.74, 6) is 0.371. The number of piperazine rings is 1. The number of hydrogen-bond donors (Lipinski definition) is 2. The van der Waals surface area contributed by atoms with Gasteiger partial charge >= 0.3 is 0 Å². The lowest BCUT2D eigenvalue weighted by molar-refractivity contribution is -0.139. The van der Waals surface area contributed by atoms with Crippen molar-refractivity contribution in [2.75, 3.05) is 46.4 Å². The van der Waals surface area contributed by atoms with Gasteiger partial charge in [0, 0.05) is 32.6 Å². The number of benzene rings is 1. The van der Waals surface area contributed by atoms with Crippen molar-refractivity contribution in [1.82, 2.24) is 15.1 Å². The van der Waals surface area contributed by atoms with Gasteiger partial charge in [-0.3, -0.25) is 14.4 Å². The summed E-state index contributed by atoms with van der Waals surface area (Å²) in [6.07, 6.45) is 1.11. The number of rotatable bonds is 7. The Balaban J connectivity index is 1.71. The maximum absolute atomic E-state index is 12.4. The van der Waals surface area contributed by atoms with Crippen LogP contribution in [0.2, 0.25) is 0 Å². The number of nitrogens with two attached hydrogens (primary N) is 1. The molecule has 0 radical (unpaired) electrons. The Morgan fingerprint density at radius 2 is 1.62 bits per heavy atom. The Morgan fingerprint density at radius 1 is 1.04 bits per heavy atom. The van der Waals surface area contributed by atoms with E-state index in [-0.39, 0.29) is 30.8 Å². The van der Waals surface area contributed by atoms with E-state index in [0.717, 1.165) is 11.3 Å². The molecule has 1 aromatic carbocycles. The normalized spacial score (nSPS) is 14.1. The minimum Gasteiger partial charge on any atom is -0.497 e. The van der Waals surface area contributed by atoms with Crippen molar-refractivity contribution < 1.29 is 19.1 Å². The van der Waals surface area contributed by atoms with Gasteiger partial charge < -0.3 is 25.6 Å². The molecule has 2 rings (SSSR count). The third-order valence-electron chi connectivity index (χ3n) is 4.39. The van der Waals surface area contributed by atoms with Crippen molar-refractivity contribution in [1.29, 1.82) is 0 Å². The Hall–Kier alpha value is -2.61. The van der Waals surface area contributed by atoms with Gasteiger partial charge in [0.25, 0.3) is 0 Å². The fourth-order valence-electron chi connectivity index (χ4n) is 2.77. The van der Waals surface area contributed by atoms with E-state index in [1.165, 1.54) is 0 Å². The summed E-state index contributed by atoms with van der Waals surface area (Å²) in [7, 11) is 1.62. The van der Waals surface area contributed by atoms with Gasteiger partial charge in [0.15, 0.2) is 0 Å². The molecule has 142 valence electrons. The lowest BCUT2D eigenvalue weighted by Crippen LogP contribution is -2.52. The Morgan fingerprint density at radius 3 is 2.15 bits per heavy atom. The Kier molecular flexibility index (Phi) is 7.40. The highest BCUT2D eigenvalue weighted by Gasteiger charge is 2.23. The molecule has 3 N–H and O–H groups in total. The van der Waals surface area contributed by atoms with Crippen molar-refractivity contribution in [3.63, 3.8) is 0 Å². The summed E-state index contributed by atoms with van der Waals surface area (Å²) in [5, 5.41) is 2.47. The lowest BCUT2D eigenvalue weighted by atomic mass is 10.1. The largest absolute Gasteiger partial charge is 0.497 e. The average Bonchev–Trinajstić information content (AvgIpc) is 2.70. The first-order valence-corrected chi connectivity index (χ1v) is 8.68. The summed E-state index contributed by atoms with van der Waals surface area (Å²) in [4.78, 5) is 38.9. The topological polar surface area (TPSA) is 105 Å². The zero-order valence-corrected chi connectivity index (χ0v) is 15.1. The van der Waals surface area contributed by atoms with E-state index in [2.05, 4.69) is 5.32 Å². The molecule has 0 spiro atoms. The van der Waals surface area contributed by atoms with E-state index in [4.69, 9.17) is 10.5 Å². The molecule has 26 heavy (non-hydrogen) atoms. The second kappa shape index (κ2) is 9.76. The van der Waals surface area contributed by atoms with Gasteiger partial charge in [-0.05, 0) is 24.1 Å². The molecule has 1 aliphatic rings. The average molecular weight is 362 g/mol. The first kappa shape index (κ1) is 19.7. The highest BCUT2D eigenvalue weighted by Crippen LogP contribution is 2.13. The van der Waals surface area contributed by atoms with Gasteiger partial charge in [-0.2, -0.15) is 0 Å². The molecule has 8 heteroatoms. The van der Waals surface area contributed by atoms with Crippen LogP contribution in [0, 0.1) is 0 Å². The zero-order chi connectivity index (χ0) is 18.9. The van der Waals surface area contributed by atoms with Crippen LogP contribution in [-0.2, 0) is 20.8 Å². The SMILES string of the molecule is COc1ccc(CCC(=O)N2CCN(C(=O)CNC(=O)CN)CC2)cc1. The number of methoxy groups -OCH3 is 1. The predicted molar refractivity (Wildman–Crippen MR) is 96.5 cm³/mol. The standard InChI is InChI=1S/C18H26N4O4/c1-26-15-5-2-14(3-6-15)4-7-17(24)21-8-10-22(11-9-21)18(25)13-20-16(23)12-19/h2-3,5-6H,4,7-13,19H2,1H3,(H,20,23). The lowest BCUT2D eigenvalue weighted by Gasteiger charge is -2.35. The molecule has 0 unspecified atom stereocenters. The van der Waals surface area contributed by atoms with Crippen molar-refractivity contribution >= 4 is 17.7 Å². The summed E-state index contributed by atoms with van der Waals surface area (Å²) >= 11 is 0. The Bertz CT molecular complexity index is 625. The second-order valence-electron chi connectivity index (χ2n) is 6.09. The highest BCUT2D eigenvalue weighted by molar-refractivity contribution is 5.85. The van der Waals surface area contributed by atoms with Gasteiger partial charge in [-0.25, -0.2) is 0 Å². The highest BCUT2D eigenvalue weighted by atomic mass is 16.5. The fraction of sp³-hybridized carbons (Fsp3) is 0.500. The summed E-state index contributed by atoms with van der Waals surface area (Å²) in [6.45, 7) is 1.79. The third kappa shape index (κ3) is 5.73. The third-order valence-corrected chi connectivity index (χ3v) is 4.39. The van der Waals surface area contributed by atoms with Crippen molar-refractivity contribution in [3.8, 4) is 5.75 Å². The fourth-order valence-corrected chi connectivity index (χ4v) is 2.77. The van der Waals surface area contributed by atoms with Crippen molar-refractivity contribution in [2.24, 2.45) is 5.73 Å². The number of nitrogens with zero attached hydrogens (tertiary/aromatic N) is 2. The number of hydrogen-bond acceptors (Lipinski definition) is 5. The van der Waals surface area contributed by atoms with Crippen LogP contribution in [0.15, 0.2) is 24.3 Å². The van der Waals surface area contributed by atoms with E-state index in [0.29, 0.717) is 39.0 Å². The van der Waals surface area contributed by atoms with Crippen LogP contribution in [0.3, 0.4) is 0 Å². The van der Waals surface area contributed by atoms with Crippen molar-refractivity contribution in [3.05, 3.63) is 29.8 Å². The molecule has 0 bridgehead atoms. The van der Waals surface area contributed by atoms with E-state index >= 15 is 0 Å². The quantitative estimate of drug-likeness (QED) is 0.672. The molecular formula is C18H26N4O4. The first-order chi connectivity index (χ1) is 12.5. The molecule has 1 heterocycles. The van der Waals surface area contributed by atoms with Crippen LogP contribution in [0.5, 0.6) is 5.75 Å². The van der Waals surface area contributed by atoms with Gasteiger partial charge in [0.05, 0.1) is 20.2 Å². The number of carbonyl (C=O) groups is 3. The van der Waals surface area contributed by atoms with Gasteiger partial charge in [0.2, 0.25) is 17.7 Å². The predicted octanol–water partition coefficient (Wildman–Crippen LogP) is -0.626. The monoisotopic (exact) mass is 362 g/mol. The zero-order valence-electron chi connectivity index (χ0n) is 15.1. The summed E-state index contributed by atoms with van der Waals surface area (Å²) in [5.41, 5.74) is 6.27. The summed E-state index contributed by atoms with van der Waals surface area (Å²) in [6, 6.07) is 7.68. The van der Waals surface area contributed by atoms with Crippen molar-refractivity contribution in [2.45, 2.75) is 12.8 Å². The second-order valence-corrected chi connectivity index (χ2v) is 6.09. The van der Waals surface area contributed by atoms with Gasteiger partial charge in [0.1, 0.15) is 5.75 Å². The molecule has 1 fully saturated rings. The maximum atomic E-state index is 12.4. The molecule has 1 aromatic rings. The smallest absolute Gasteiger partial charge is 0.242 e. The number of nitrogens with one attached hydrogen (secondary N) is 1. The molecule has 0 aliphatic carbocycles. The Labute approximate surface area is 153 Å². The van der Waals surface area contributed by atoms with E-state index in [1.54, 1.807) is 16.9 Å². The van der Waals surface area contributed by atoms with Crippen LogP contribution < -0.4 is 15.8 Å². The van der Waals surface area contributed by atoms with E-state index in [9.17, 15) is 14.4 Å². The molecule has 3 amide bonds. The number of ether oxygens (including phenoxy) is 1. The van der Waals surface area contributed by atoms with Crippen LogP contribution in [0.4, 0.5) is 0 Å². The first-order valence-electron chi connectivity index (χ1n) is 8.68. The van der Waals surface area contributed by atoms with E-state index in [1.807, 2.05) is 24.3 Å². The minimum absolute atomic E-state index is 0.0541. The molecular weight excluding hydrogens is 336 g/mol. The number of carbonyl (C=O) groups excluding carboxylic acids is 3. The van der Waals surface area contributed by atoms with Crippen LogP contribution >= 0.6 is 0 Å². The molecule has 1 saturated heterocycles.